The van der Waals surface area contributed by atoms with E-state index in [1.807, 2.05) is 34.6 Å². The zero-order valence-corrected chi connectivity index (χ0v) is 10.1. The van der Waals surface area contributed by atoms with Crippen LogP contribution < -0.4 is 0 Å². The molecule has 0 heterocycles. The summed E-state index contributed by atoms with van der Waals surface area (Å²) in [4.78, 5) is 0. The molecule has 0 amide bonds. The highest BCUT2D eigenvalue weighted by molar-refractivity contribution is 4.57. The molecule has 0 fully saturated rings. The van der Waals surface area contributed by atoms with Crippen LogP contribution in [0.4, 0.5) is 0 Å². The van der Waals surface area contributed by atoms with Crippen LogP contribution in [0.5, 0.6) is 0 Å². The van der Waals surface area contributed by atoms with E-state index in [-0.39, 0.29) is 11.7 Å². The maximum absolute atomic E-state index is 5.49. The molecule has 0 aliphatic carbocycles. The molecule has 0 unspecified atom stereocenters. The lowest BCUT2D eigenvalue weighted by Crippen LogP contribution is -2.22. The molecule has 0 aromatic carbocycles. The minimum absolute atomic E-state index is 0.0716. The van der Waals surface area contributed by atoms with Gasteiger partial charge in [-0.3, -0.25) is 0 Å². The van der Waals surface area contributed by atoms with Gasteiger partial charge >= 0.3 is 0 Å². The molecule has 86 valence electrons. The van der Waals surface area contributed by atoms with Crippen molar-refractivity contribution in [1.82, 2.24) is 0 Å². The van der Waals surface area contributed by atoms with Gasteiger partial charge in [-0.2, -0.15) is 0 Å². The second kappa shape index (κ2) is 7.21. The third-order valence-corrected chi connectivity index (χ3v) is 1.44. The lowest BCUT2D eigenvalue weighted by molar-refractivity contribution is -0.0461. The normalized spacial score (nSPS) is 12.4. The van der Waals surface area contributed by atoms with E-state index >= 15 is 0 Å². The summed E-state index contributed by atoms with van der Waals surface area (Å²) in [5.74, 6) is 0. The Balaban J connectivity index is 3.07. The Bertz CT molecular complexity index is 127. The predicted molar refractivity (Wildman–Crippen MR) is 57.6 cm³/mol. The van der Waals surface area contributed by atoms with E-state index in [0.717, 1.165) is 0 Å². The van der Waals surface area contributed by atoms with Crippen LogP contribution >= 0.6 is 0 Å². The molecule has 0 aromatic rings. The van der Waals surface area contributed by atoms with Crippen molar-refractivity contribution in [3.05, 3.63) is 0 Å². The quantitative estimate of drug-likeness (QED) is 0.595. The number of hydrogen-bond donors (Lipinski definition) is 0. The van der Waals surface area contributed by atoms with Gasteiger partial charge in [0, 0.05) is 0 Å². The Morgan fingerprint density at radius 3 is 2.00 bits per heavy atom. The summed E-state index contributed by atoms with van der Waals surface area (Å²) in [6.45, 7) is 12.7. The third kappa shape index (κ3) is 11.9. The van der Waals surface area contributed by atoms with E-state index in [1.165, 1.54) is 0 Å². The van der Waals surface area contributed by atoms with Crippen LogP contribution in [-0.4, -0.2) is 38.1 Å². The van der Waals surface area contributed by atoms with Crippen molar-refractivity contribution < 1.29 is 14.2 Å². The molecule has 3 nitrogen and oxygen atoms in total. The molecule has 0 radical (unpaired) electrons. The molecule has 0 aliphatic heterocycles. The van der Waals surface area contributed by atoms with Gasteiger partial charge in [0.1, 0.15) is 0 Å². The molecule has 0 rings (SSSR count). The molecular weight excluding hydrogens is 180 g/mol. The zero-order valence-electron chi connectivity index (χ0n) is 10.1. The van der Waals surface area contributed by atoms with Crippen molar-refractivity contribution in [1.29, 1.82) is 0 Å². The molecule has 0 saturated carbocycles. The number of rotatable bonds is 7. The highest BCUT2D eigenvalue weighted by atomic mass is 16.6. The first kappa shape index (κ1) is 13.9. The molecule has 3 heteroatoms. The van der Waals surface area contributed by atoms with Crippen LogP contribution in [0.15, 0.2) is 0 Å². The van der Waals surface area contributed by atoms with Gasteiger partial charge in [-0.1, -0.05) is 0 Å². The van der Waals surface area contributed by atoms with Crippen LogP contribution in [0, 0.1) is 0 Å². The van der Waals surface area contributed by atoms with Gasteiger partial charge in [0.25, 0.3) is 0 Å². The Kier molecular flexibility index (Phi) is 7.15. The van der Waals surface area contributed by atoms with Gasteiger partial charge in [0.05, 0.1) is 38.1 Å². The highest BCUT2D eigenvalue weighted by Gasteiger charge is 2.08. The van der Waals surface area contributed by atoms with E-state index in [2.05, 4.69) is 0 Å². The van der Waals surface area contributed by atoms with E-state index in [1.54, 1.807) is 0 Å². The second-order valence-corrected chi connectivity index (χ2v) is 4.49. The maximum Gasteiger partial charge on any atom is 0.0707 e. The van der Waals surface area contributed by atoms with Gasteiger partial charge < -0.3 is 14.2 Å². The molecule has 0 bridgehead atoms. The molecule has 0 aliphatic rings. The number of hydrogen-bond acceptors (Lipinski definition) is 3. The van der Waals surface area contributed by atoms with Crippen LogP contribution in [0.2, 0.25) is 0 Å². The lowest BCUT2D eigenvalue weighted by Gasteiger charge is -2.19. The summed E-state index contributed by atoms with van der Waals surface area (Å²) < 4.78 is 16.1. The third-order valence-electron chi connectivity index (χ3n) is 1.44. The summed E-state index contributed by atoms with van der Waals surface area (Å²) in [7, 11) is 0. The molecule has 14 heavy (non-hydrogen) atoms. The first-order valence-electron chi connectivity index (χ1n) is 5.25. The fourth-order valence-corrected chi connectivity index (χ4v) is 0.852. The summed E-state index contributed by atoms with van der Waals surface area (Å²) in [6.07, 6.45) is 0.282. The Morgan fingerprint density at radius 2 is 1.50 bits per heavy atom. The van der Waals surface area contributed by atoms with E-state index in [4.69, 9.17) is 14.2 Å². The van der Waals surface area contributed by atoms with Gasteiger partial charge in [-0.25, -0.2) is 0 Å². The highest BCUT2D eigenvalue weighted by Crippen LogP contribution is 2.05. The zero-order chi connectivity index (χ0) is 11.0. The van der Waals surface area contributed by atoms with Crippen LogP contribution in [0.3, 0.4) is 0 Å². The van der Waals surface area contributed by atoms with E-state index < -0.39 is 0 Å². The minimum atomic E-state index is -0.0716. The summed E-state index contributed by atoms with van der Waals surface area (Å²) in [6, 6.07) is 0. The van der Waals surface area contributed by atoms with Crippen molar-refractivity contribution in [2.45, 2.75) is 46.3 Å². The van der Waals surface area contributed by atoms with Gasteiger partial charge in [-0.05, 0) is 34.6 Å². The lowest BCUT2D eigenvalue weighted by atomic mass is 10.2. The van der Waals surface area contributed by atoms with E-state index in [9.17, 15) is 0 Å². The van der Waals surface area contributed by atoms with Crippen molar-refractivity contribution >= 4 is 0 Å². The van der Waals surface area contributed by atoms with Crippen LogP contribution in [-0.2, 0) is 14.2 Å². The van der Waals surface area contributed by atoms with Gasteiger partial charge in [0.15, 0.2) is 0 Å². The van der Waals surface area contributed by atoms with Crippen LogP contribution in [0.25, 0.3) is 0 Å². The second-order valence-electron chi connectivity index (χ2n) is 4.49. The fourth-order valence-electron chi connectivity index (χ4n) is 0.852. The molecule has 0 spiro atoms. The smallest absolute Gasteiger partial charge is 0.0707 e. The Hall–Kier alpha value is -0.120. The van der Waals surface area contributed by atoms with Gasteiger partial charge in [-0.15, -0.1) is 0 Å². The molecular formula is C11H24O3. The SMILES string of the molecule is CC(C)OCCOCCOC(C)(C)C. The fraction of sp³-hybridized carbons (Fsp3) is 1.00. The average Bonchev–Trinajstić information content (AvgIpc) is 2.00. The summed E-state index contributed by atoms with van der Waals surface area (Å²) in [5.41, 5.74) is -0.0716. The predicted octanol–water partition coefficient (Wildman–Crippen LogP) is 2.24. The van der Waals surface area contributed by atoms with Crippen molar-refractivity contribution in [3.8, 4) is 0 Å². The van der Waals surface area contributed by atoms with Gasteiger partial charge in [0.2, 0.25) is 0 Å². The first-order chi connectivity index (χ1) is 6.42. The minimum Gasteiger partial charge on any atom is -0.377 e. The van der Waals surface area contributed by atoms with Crippen molar-refractivity contribution in [2.24, 2.45) is 0 Å². The first-order valence-corrected chi connectivity index (χ1v) is 5.25. The standard InChI is InChI=1S/C11H24O3/c1-10(2)13-8-6-12-7-9-14-11(3,4)5/h10H,6-9H2,1-5H3. The molecule has 0 atom stereocenters. The topological polar surface area (TPSA) is 27.7 Å². The summed E-state index contributed by atoms with van der Waals surface area (Å²) >= 11 is 0. The number of ether oxygens (including phenoxy) is 3. The molecule has 0 saturated heterocycles. The molecule has 0 N–H and O–H groups in total. The summed E-state index contributed by atoms with van der Waals surface area (Å²) in [5, 5.41) is 0. The largest absolute Gasteiger partial charge is 0.377 e. The Morgan fingerprint density at radius 1 is 0.929 bits per heavy atom. The van der Waals surface area contributed by atoms with E-state index in [0.29, 0.717) is 26.4 Å². The monoisotopic (exact) mass is 204 g/mol. The maximum atomic E-state index is 5.49. The van der Waals surface area contributed by atoms with Crippen molar-refractivity contribution in [3.63, 3.8) is 0 Å². The Labute approximate surface area is 87.7 Å². The average molecular weight is 204 g/mol. The molecule has 0 aromatic heterocycles. The van der Waals surface area contributed by atoms with Crippen molar-refractivity contribution in [2.75, 3.05) is 26.4 Å². The van der Waals surface area contributed by atoms with Crippen LogP contribution in [0.1, 0.15) is 34.6 Å².